The molecular formula is C60H44N2Si. The Morgan fingerprint density at radius 3 is 1.10 bits per heavy atom. The number of benzene rings is 10. The number of anilines is 6. The van der Waals surface area contributed by atoms with Crippen LogP contribution in [0.4, 0.5) is 34.1 Å². The van der Waals surface area contributed by atoms with Crippen molar-refractivity contribution in [2.24, 2.45) is 0 Å². The van der Waals surface area contributed by atoms with Gasteiger partial charge in [0.05, 0.1) is 0 Å². The predicted octanol–water partition coefficient (Wildman–Crippen LogP) is 13.3. The molecule has 0 aliphatic carbocycles. The van der Waals surface area contributed by atoms with Gasteiger partial charge in [-0.05, 0) is 115 Å². The average Bonchev–Trinajstić information content (AvgIpc) is 3.37. The van der Waals surface area contributed by atoms with Gasteiger partial charge in [0.2, 0.25) is 0 Å². The van der Waals surface area contributed by atoms with Crippen molar-refractivity contribution in [2.45, 2.75) is 0 Å². The third-order valence-electron chi connectivity index (χ3n) is 12.5. The Morgan fingerprint density at radius 1 is 0.270 bits per heavy atom. The maximum absolute atomic E-state index is 2.93. The molecule has 2 nitrogen and oxygen atoms in total. The van der Waals surface area contributed by atoms with E-state index in [9.17, 15) is 0 Å². The lowest BCUT2D eigenvalue weighted by molar-refractivity contribution is 1.26. The zero-order chi connectivity index (χ0) is 42.0. The lowest BCUT2D eigenvalue weighted by atomic mass is 10.00. The maximum Gasteiger partial charge on any atom is 0.184 e. The molecule has 0 amide bonds. The SMILES string of the molecule is c1ccc(-c2ccc(-c3ccc(N(c4ccc(-c5ccccc5)cc4)c4ccc5c(c4)[Si](c4ccccc4)(c4ccccc4)c4ccccc4N5c4ccccc4)cc3)cc2)cc1. The molecule has 1 heterocycles. The Labute approximate surface area is 371 Å². The van der Waals surface area contributed by atoms with Crippen molar-refractivity contribution >= 4 is 62.9 Å². The third-order valence-corrected chi connectivity index (χ3v) is 17.4. The molecule has 10 aromatic rings. The molecule has 1 aliphatic rings. The number of hydrogen-bond donors (Lipinski definition) is 0. The first-order valence-electron chi connectivity index (χ1n) is 21.7. The normalized spacial score (nSPS) is 12.5. The molecule has 11 rings (SSSR count). The van der Waals surface area contributed by atoms with E-state index in [4.69, 9.17) is 0 Å². The number of nitrogens with zero attached hydrogens (tertiary/aromatic N) is 2. The minimum atomic E-state index is -2.93. The summed E-state index contributed by atoms with van der Waals surface area (Å²) in [5, 5.41) is 5.44. The van der Waals surface area contributed by atoms with Crippen LogP contribution in [-0.4, -0.2) is 8.07 Å². The van der Waals surface area contributed by atoms with Crippen LogP contribution in [-0.2, 0) is 0 Å². The van der Waals surface area contributed by atoms with Crippen LogP contribution in [0.15, 0.2) is 267 Å². The Hall–Kier alpha value is -7.98. The lowest BCUT2D eigenvalue weighted by Crippen LogP contribution is -2.77. The Kier molecular flexibility index (Phi) is 9.93. The van der Waals surface area contributed by atoms with Gasteiger partial charge in [-0.25, -0.2) is 0 Å². The summed E-state index contributed by atoms with van der Waals surface area (Å²) in [7, 11) is -2.93. The Morgan fingerprint density at radius 2 is 0.619 bits per heavy atom. The van der Waals surface area contributed by atoms with Crippen molar-refractivity contribution in [1.82, 2.24) is 0 Å². The zero-order valence-electron chi connectivity index (χ0n) is 34.8. The predicted molar refractivity (Wildman–Crippen MR) is 269 cm³/mol. The fraction of sp³-hybridized carbons (Fsp3) is 0. The van der Waals surface area contributed by atoms with Gasteiger partial charge in [0.15, 0.2) is 8.07 Å². The lowest BCUT2D eigenvalue weighted by Gasteiger charge is -2.45. The Balaban J connectivity index is 1.11. The third kappa shape index (κ3) is 6.86. The van der Waals surface area contributed by atoms with Gasteiger partial charge in [0.25, 0.3) is 0 Å². The molecule has 298 valence electrons. The highest BCUT2D eigenvalue weighted by atomic mass is 28.3. The highest BCUT2D eigenvalue weighted by molar-refractivity contribution is 7.21. The molecule has 10 aromatic carbocycles. The van der Waals surface area contributed by atoms with Gasteiger partial charge in [0, 0.05) is 34.1 Å². The fourth-order valence-electron chi connectivity index (χ4n) is 9.61. The molecule has 0 spiro atoms. The molecule has 0 saturated heterocycles. The molecule has 0 radical (unpaired) electrons. The van der Waals surface area contributed by atoms with E-state index < -0.39 is 8.07 Å². The molecule has 0 N–H and O–H groups in total. The van der Waals surface area contributed by atoms with Crippen molar-refractivity contribution in [2.75, 3.05) is 9.80 Å². The van der Waals surface area contributed by atoms with Crippen LogP contribution >= 0.6 is 0 Å². The first-order valence-corrected chi connectivity index (χ1v) is 23.7. The smallest absolute Gasteiger partial charge is 0.184 e. The number of fused-ring (bicyclic) bond motifs is 2. The van der Waals surface area contributed by atoms with Gasteiger partial charge >= 0.3 is 0 Å². The van der Waals surface area contributed by atoms with Crippen LogP contribution in [0.25, 0.3) is 33.4 Å². The number of rotatable bonds is 9. The second-order valence-electron chi connectivity index (χ2n) is 16.1. The summed E-state index contributed by atoms with van der Waals surface area (Å²) in [6.07, 6.45) is 0. The second-order valence-corrected chi connectivity index (χ2v) is 19.8. The van der Waals surface area contributed by atoms with Gasteiger partial charge in [-0.1, -0.05) is 206 Å². The van der Waals surface area contributed by atoms with Crippen LogP contribution in [0, 0.1) is 0 Å². The summed E-state index contributed by atoms with van der Waals surface area (Å²) >= 11 is 0. The monoisotopic (exact) mass is 820 g/mol. The van der Waals surface area contributed by atoms with Crippen molar-refractivity contribution in [3.05, 3.63) is 267 Å². The summed E-state index contributed by atoms with van der Waals surface area (Å²) in [6, 6.07) is 97.9. The molecule has 0 saturated carbocycles. The quantitative estimate of drug-likeness (QED) is 0.134. The molecule has 0 unspecified atom stereocenters. The minimum Gasteiger partial charge on any atom is -0.311 e. The summed E-state index contributed by atoms with van der Waals surface area (Å²) < 4.78 is 0. The fourth-order valence-corrected chi connectivity index (χ4v) is 14.7. The Bertz CT molecular complexity index is 3080. The highest BCUT2D eigenvalue weighted by Crippen LogP contribution is 2.42. The molecular weight excluding hydrogens is 777 g/mol. The summed E-state index contributed by atoms with van der Waals surface area (Å²) in [5.74, 6) is 0. The van der Waals surface area contributed by atoms with Crippen molar-refractivity contribution in [3.8, 4) is 33.4 Å². The largest absolute Gasteiger partial charge is 0.311 e. The van der Waals surface area contributed by atoms with Gasteiger partial charge in [-0.2, -0.15) is 0 Å². The van der Waals surface area contributed by atoms with Crippen molar-refractivity contribution < 1.29 is 0 Å². The molecule has 0 bridgehead atoms. The van der Waals surface area contributed by atoms with Crippen LogP contribution in [0.1, 0.15) is 0 Å². The van der Waals surface area contributed by atoms with Gasteiger partial charge < -0.3 is 9.80 Å². The average molecular weight is 821 g/mol. The number of hydrogen-bond acceptors (Lipinski definition) is 2. The summed E-state index contributed by atoms with van der Waals surface area (Å²) in [5.41, 5.74) is 14.1. The maximum atomic E-state index is 2.51. The summed E-state index contributed by atoms with van der Waals surface area (Å²) in [6.45, 7) is 0. The van der Waals surface area contributed by atoms with Gasteiger partial charge in [-0.3, -0.25) is 0 Å². The number of para-hydroxylation sites is 2. The van der Waals surface area contributed by atoms with E-state index in [1.54, 1.807) is 0 Å². The van der Waals surface area contributed by atoms with Gasteiger partial charge in [-0.15, -0.1) is 0 Å². The van der Waals surface area contributed by atoms with Crippen LogP contribution in [0.3, 0.4) is 0 Å². The second kappa shape index (κ2) is 16.5. The first-order chi connectivity index (χ1) is 31.3. The van der Waals surface area contributed by atoms with Crippen molar-refractivity contribution in [1.29, 1.82) is 0 Å². The molecule has 0 atom stereocenters. The van der Waals surface area contributed by atoms with E-state index >= 15 is 0 Å². The van der Waals surface area contributed by atoms with Crippen LogP contribution in [0.5, 0.6) is 0 Å². The van der Waals surface area contributed by atoms with Gasteiger partial charge in [0.1, 0.15) is 0 Å². The van der Waals surface area contributed by atoms with E-state index in [-0.39, 0.29) is 0 Å². The standard InChI is InChI=1S/C60H44N2Si/c1-6-18-45(19-7-1)47-30-32-48(33-31-47)50-36-40-53(41-37-50)61(52-38-34-49(35-39-52)46-20-8-2-9-21-46)54-42-43-58-60(44-54)63(55-24-12-4-13-25-55,56-26-14-5-15-27-56)59-29-17-16-28-57(59)62(58)51-22-10-3-11-23-51/h1-44H. The molecule has 63 heavy (non-hydrogen) atoms. The minimum absolute atomic E-state index is 1.09. The van der Waals surface area contributed by atoms with E-state index in [2.05, 4.69) is 277 Å². The first kappa shape index (κ1) is 38.0. The van der Waals surface area contributed by atoms with Crippen LogP contribution < -0.4 is 30.5 Å². The molecule has 0 aromatic heterocycles. The van der Waals surface area contributed by atoms with E-state index in [0.717, 1.165) is 22.7 Å². The van der Waals surface area contributed by atoms with E-state index in [1.165, 1.54) is 65.5 Å². The summed E-state index contributed by atoms with van der Waals surface area (Å²) in [4.78, 5) is 4.91. The van der Waals surface area contributed by atoms with Crippen LogP contribution in [0.2, 0.25) is 0 Å². The van der Waals surface area contributed by atoms with E-state index in [1.807, 2.05) is 0 Å². The zero-order valence-corrected chi connectivity index (χ0v) is 35.8. The van der Waals surface area contributed by atoms with Crippen molar-refractivity contribution in [3.63, 3.8) is 0 Å². The highest BCUT2D eigenvalue weighted by Gasteiger charge is 2.49. The topological polar surface area (TPSA) is 6.48 Å². The van der Waals surface area contributed by atoms with E-state index in [0.29, 0.717) is 0 Å². The molecule has 1 aliphatic heterocycles. The molecule has 3 heteroatoms. The molecule has 0 fully saturated rings.